The first kappa shape index (κ1) is 7.58. The number of halogens is 1. The molecule has 0 unspecified atom stereocenters. The van der Waals surface area contributed by atoms with Crippen LogP contribution in [0.15, 0.2) is 11.0 Å². The summed E-state index contributed by atoms with van der Waals surface area (Å²) in [6.07, 6.45) is 1.69. The van der Waals surface area contributed by atoms with Crippen molar-refractivity contribution in [2.75, 3.05) is 0 Å². The number of fused-ring (bicyclic) bond motifs is 1. The topological polar surface area (TPSA) is 17.1 Å². The molecule has 56 valence electrons. The summed E-state index contributed by atoms with van der Waals surface area (Å²) in [4.78, 5) is 13.8. The van der Waals surface area contributed by atoms with E-state index in [4.69, 9.17) is 0 Å². The maximum Gasteiger partial charge on any atom is 0.218 e. The van der Waals surface area contributed by atoms with Crippen LogP contribution < -0.4 is 9.06 Å². The van der Waals surface area contributed by atoms with Crippen LogP contribution in [0.4, 0.5) is 0 Å². The molecule has 0 saturated carbocycles. The highest BCUT2D eigenvalue weighted by molar-refractivity contribution is 9.14. The molecule has 1 aromatic rings. The summed E-state index contributed by atoms with van der Waals surface area (Å²) in [5, 5.41) is 0.146. The summed E-state index contributed by atoms with van der Waals surface area (Å²) in [6.45, 7) is 0. The van der Waals surface area contributed by atoms with Gasteiger partial charge in [-0.25, -0.2) is 0 Å². The minimum absolute atomic E-state index is 0.146. The molecule has 0 amide bonds. The molecule has 1 nitrogen and oxygen atoms in total. The summed E-state index contributed by atoms with van der Waals surface area (Å²) < 4.78 is 2.25. The van der Waals surface area contributed by atoms with E-state index in [2.05, 4.69) is 15.9 Å². The monoisotopic (exact) mass is 246 g/mol. The molecule has 1 aliphatic rings. The van der Waals surface area contributed by atoms with Gasteiger partial charge in [-0.1, -0.05) is 15.9 Å². The zero-order valence-corrected chi connectivity index (χ0v) is 8.55. The normalized spacial score (nSPS) is 16.8. The van der Waals surface area contributed by atoms with E-state index in [9.17, 15) is 4.79 Å². The molecule has 0 spiro atoms. The van der Waals surface area contributed by atoms with Crippen molar-refractivity contribution in [3.63, 3.8) is 0 Å². The Balaban J connectivity index is 2.73. The van der Waals surface area contributed by atoms with E-state index < -0.39 is 0 Å². The van der Waals surface area contributed by atoms with Crippen molar-refractivity contribution in [2.24, 2.45) is 0 Å². The highest BCUT2D eigenvalue weighted by Gasteiger charge is 2.12. The van der Waals surface area contributed by atoms with E-state index in [1.165, 1.54) is 11.8 Å². The lowest BCUT2D eigenvalue weighted by atomic mass is 10.5. The van der Waals surface area contributed by atoms with Crippen LogP contribution in [0.25, 0.3) is 11.1 Å². The lowest BCUT2D eigenvalue weighted by Crippen LogP contribution is -1.90. The molecular weight excluding hydrogens is 244 g/mol. The van der Waals surface area contributed by atoms with Crippen LogP contribution in [0.3, 0.4) is 0 Å². The van der Waals surface area contributed by atoms with Gasteiger partial charge in [-0.15, -0.1) is 11.3 Å². The average molecular weight is 247 g/mol. The Morgan fingerprint density at radius 2 is 2.36 bits per heavy atom. The quantitative estimate of drug-likeness (QED) is 0.687. The first-order valence-corrected chi connectivity index (χ1v) is 5.48. The molecule has 0 N–H and O–H groups in total. The lowest BCUT2D eigenvalue weighted by molar-refractivity contribution is -0.105. The third-order valence-electron chi connectivity index (χ3n) is 1.31. The van der Waals surface area contributed by atoms with Crippen molar-refractivity contribution >= 4 is 55.2 Å². The maximum absolute atomic E-state index is 10.9. The van der Waals surface area contributed by atoms with Crippen molar-refractivity contribution in [1.29, 1.82) is 0 Å². The largest absolute Gasteiger partial charge is 0.282 e. The first-order valence-electron chi connectivity index (χ1n) is 2.93. The van der Waals surface area contributed by atoms with Gasteiger partial charge in [0.05, 0.1) is 0 Å². The Kier molecular flexibility index (Phi) is 1.91. The first-order chi connectivity index (χ1) is 5.29. The molecule has 0 atom stereocenters. The number of thioether (sulfide) groups is 1. The molecule has 11 heavy (non-hydrogen) atoms. The van der Waals surface area contributed by atoms with Crippen molar-refractivity contribution in [3.8, 4) is 0 Å². The number of hydrogen-bond acceptors (Lipinski definition) is 3. The predicted octanol–water partition coefficient (Wildman–Crippen LogP) is 1.29. The highest BCUT2D eigenvalue weighted by Crippen LogP contribution is 2.20. The molecule has 1 aliphatic heterocycles. The highest BCUT2D eigenvalue weighted by atomic mass is 79.9. The second-order valence-electron chi connectivity index (χ2n) is 2.05. The number of carbonyl (C=O) groups excluding carboxylic acids is 1. The van der Waals surface area contributed by atoms with Gasteiger partial charge in [-0.05, 0) is 22.8 Å². The second-order valence-corrected chi connectivity index (χ2v) is 4.67. The summed E-state index contributed by atoms with van der Waals surface area (Å²) >= 11 is 6.18. The minimum atomic E-state index is 0.146. The number of rotatable bonds is 0. The van der Waals surface area contributed by atoms with Crippen molar-refractivity contribution < 1.29 is 4.79 Å². The molecular formula is C7H3BrOS2. The van der Waals surface area contributed by atoms with E-state index >= 15 is 0 Å². The molecule has 0 fully saturated rings. The molecule has 0 radical (unpaired) electrons. The van der Waals surface area contributed by atoms with E-state index in [-0.39, 0.29) is 5.12 Å². The molecule has 0 aliphatic carbocycles. The van der Waals surface area contributed by atoms with Crippen molar-refractivity contribution in [1.82, 2.24) is 0 Å². The second kappa shape index (κ2) is 2.77. The van der Waals surface area contributed by atoms with Crippen LogP contribution in [0, 0.1) is 0 Å². The van der Waals surface area contributed by atoms with E-state index in [0.29, 0.717) is 0 Å². The molecule has 2 heterocycles. The summed E-state index contributed by atoms with van der Waals surface area (Å²) in [5.74, 6) is 0. The van der Waals surface area contributed by atoms with E-state index in [1.807, 2.05) is 11.1 Å². The third kappa shape index (κ3) is 1.30. The summed E-state index contributed by atoms with van der Waals surface area (Å²) in [5.41, 5.74) is 0. The average Bonchev–Trinajstić information content (AvgIpc) is 2.43. The third-order valence-corrected chi connectivity index (χ3v) is 4.14. The fourth-order valence-corrected chi connectivity index (χ4v) is 3.24. The Labute approximate surface area is 79.9 Å². The summed E-state index contributed by atoms with van der Waals surface area (Å²) in [6, 6.07) is 2.01. The number of hydrogen-bond donors (Lipinski definition) is 0. The fourth-order valence-electron chi connectivity index (χ4n) is 0.886. The van der Waals surface area contributed by atoms with Crippen LogP contribution >= 0.6 is 39.0 Å². The molecule has 0 bridgehead atoms. The molecule has 1 aromatic heterocycles. The van der Waals surface area contributed by atoms with Gasteiger partial charge in [0, 0.05) is 20.0 Å². The molecule has 0 saturated heterocycles. The smallest absolute Gasteiger partial charge is 0.218 e. The maximum atomic E-state index is 10.9. The Morgan fingerprint density at radius 1 is 1.55 bits per heavy atom. The lowest BCUT2D eigenvalue weighted by Gasteiger charge is -1.79. The Bertz CT molecular complexity index is 418. The van der Waals surface area contributed by atoms with Crippen LogP contribution in [-0.2, 0) is 4.79 Å². The number of carbonyl (C=O) groups is 1. The zero-order valence-electron chi connectivity index (χ0n) is 5.33. The molecule has 2 rings (SSSR count). The van der Waals surface area contributed by atoms with E-state index in [1.54, 1.807) is 17.4 Å². The standard InChI is InChI=1S/C7H3BrOS2/c8-3-4-1-5-6(10-4)2-7(9)11-5/h1-3H/b4-3+. The fraction of sp³-hybridized carbons (Fsp3) is 0. The van der Waals surface area contributed by atoms with Gasteiger partial charge in [-0.2, -0.15) is 0 Å². The van der Waals surface area contributed by atoms with Crippen LogP contribution in [-0.4, -0.2) is 5.12 Å². The van der Waals surface area contributed by atoms with Crippen molar-refractivity contribution in [2.45, 2.75) is 4.90 Å². The van der Waals surface area contributed by atoms with Gasteiger partial charge in [0.2, 0.25) is 5.12 Å². The van der Waals surface area contributed by atoms with Gasteiger partial charge in [0.1, 0.15) is 0 Å². The van der Waals surface area contributed by atoms with Gasteiger partial charge in [0.25, 0.3) is 0 Å². The van der Waals surface area contributed by atoms with Gasteiger partial charge < -0.3 is 0 Å². The number of thiophene rings is 1. The van der Waals surface area contributed by atoms with Crippen LogP contribution in [0.1, 0.15) is 0 Å². The van der Waals surface area contributed by atoms with Gasteiger partial charge in [-0.3, -0.25) is 4.79 Å². The van der Waals surface area contributed by atoms with Crippen molar-refractivity contribution in [3.05, 3.63) is 15.1 Å². The van der Waals surface area contributed by atoms with Crippen LogP contribution in [0.5, 0.6) is 0 Å². The SMILES string of the molecule is O=C1C=c2s/c(=C/Br)cc2S1. The summed E-state index contributed by atoms with van der Waals surface area (Å²) in [7, 11) is 0. The predicted molar refractivity (Wildman–Crippen MR) is 52.3 cm³/mol. The molecule has 4 heteroatoms. The Morgan fingerprint density at radius 3 is 3.00 bits per heavy atom. The zero-order chi connectivity index (χ0) is 7.84. The van der Waals surface area contributed by atoms with E-state index in [0.717, 1.165) is 14.0 Å². The minimum Gasteiger partial charge on any atom is -0.282 e. The molecule has 0 aromatic carbocycles. The van der Waals surface area contributed by atoms with Gasteiger partial charge in [0.15, 0.2) is 0 Å². The van der Waals surface area contributed by atoms with Gasteiger partial charge >= 0.3 is 0 Å². The van der Waals surface area contributed by atoms with Crippen LogP contribution in [0.2, 0.25) is 0 Å². The Hall–Kier alpha value is -0.0600.